The van der Waals surface area contributed by atoms with Gasteiger partial charge < -0.3 is 4.74 Å². The fourth-order valence-electron chi connectivity index (χ4n) is 1.69. The van der Waals surface area contributed by atoms with E-state index in [4.69, 9.17) is 4.74 Å². The van der Waals surface area contributed by atoms with Gasteiger partial charge in [0.1, 0.15) is 6.61 Å². The normalized spacial score (nSPS) is 18.5. The number of nitrogens with zero attached hydrogens (tertiary/aromatic N) is 2. The minimum Gasteiger partial charge on any atom is -0.463 e. The standard InChI is InChI=1S/C13H20N2OSi/c1-17(2,3)11-14-13-15(9-10-16-13)12-7-5-4-6-8-12/h4-8H,9-11H2,1-3H3/b14-13-. The van der Waals surface area contributed by atoms with Crippen molar-refractivity contribution in [3.8, 4) is 0 Å². The molecule has 1 fully saturated rings. The lowest BCUT2D eigenvalue weighted by molar-refractivity contribution is 0.351. The van der Waals surface area contributed by atoms with Crippen LogP contribution in [-0.2, 0) is 4.74 Å². The van der Waals surface area contributed by atoms with E-state index in [0.717, 1.165) is 25.3 Å². The van der Waals surface area contributed by atoms with Gasteiger partial charge in [-0.2, -0.15) is 0 Å². The molecule has 1 heterocycles. The first kappa shape index (κ1) is 12.2. The van der Waals surface area contributed by atoms with Crippen LogP contribution in [0, 0.1) is 0 Å². The SMILES string of the molecule is C[Si](C)(C)C/N=C1\OCCN1c1ccccc1. The second-order valence-corrected chi connectivity index (χ2v) is 10.9. The molecule has 1 aliphatic rings. The fraction of sp³-hybridized carbons (Fsp3) is 0.462. The Morgan fingerprint density at radius 1 is 1.24 bits per heavy atom. The molecule has 0 atom stereocenters. The van der Waals surface area contributed by atoms with Gasteiger partial charge in [-0.15, -0.1) is 0 Å². The second-order valence-electron chi connectivity index (χ2n) is 5.50. The van der Waals surface area contributed by atoms with Crippen LogP contribution >= 0.6 is 0 Å². The summed E-state index contributed by atoms with van der Waals surface area (Å²) in [7, 11) is -1.15. The van der Waals surface area contributed by atoms with E-state index in [1.807, 2.05) is 18.2 Å². The number of rotatable bonds is 3. The zero-order valence-electron chi connectivity index (χ0n) is 10.8. The van der Waals surface area contributed by atoms with E-state index in [-0.39, 0.29) is 0 Å². The van der Waals surface area contributed by atoms with E-state index >= 15 is 0 Å². The van der Waals surface area contributed by atoms with Gasteiger partial charge in [0.15, 0.2) is 0 Å². The van der Waals surface area contributed by atoms with Gasteiger partial charge in [-0.3, -0.25) is 4.90 Å². The quantitative estimate of drug-likeness (QED) is 0.768. The van der Waals surface area contributed by atoms with E-state index in [1.165, 1.54) is 5.69 Å². The van der Waals surface area contributed by atoms with Gasteiger partial charge in [-0.25, -0.2) is 4.99 Å². The van der Waals surface area contributed by atoms with Crippen LogP contribution in [0.5, 0.6) is 0 Å². The van der Waals surface area contributed by atoms with Crippen LogP contribution in [0.4, 0.5) is 5.69 Å². The van der Waals surface area contributed by atoms with E-state index in [2.05, 4.69) is 41.7 Å². The highest BCUT2D eigenvalue weighted by molar-refractivity contribution is 6.76. The molecular formula is C13H20N2OSi. The summed E-state index contributed by atoms with van der Waals surface area (Å²) in [6.07, 6.45) is 0.922. The smallest absolute Gasteiger partial charge is 0.291 e. The maximum absolute atomic E-state index is 5.61. The molecule has 0 spiro atoms. The number of benzene rings is 1. The van der Waals surface area contributed by atoms with E-state index in [1.54, 1.807) is 0 Å². The molecule has 0 aromatic heterocycles. The summed E-state index contributed by atoms with van der Waals surface area (Å²) in [5, 5.41) is 0. The third kappa shape index (κ3) is 3.33. The number of aliphatic imine (C=N–C) groups is 1. The Kier molecular flexibility index (Phi) is 3.52. The highest BCUT2D eigenvalue weighted by Crippen LogP contribution is 2.18. The first-order valence-electron chi connectivity index (χ1n) is 6.06. The van der Waals surface area contributed by atoms with Crippen molar-refractivity contribution >= 4 is 19.8 Å². The molecule has 0 amide bonds. The maximum atomic E-state index is 5.61. The van der Waals surface area contributed by atoms with Crippen LogP contribution in [0.1, 0.15) is 0 Å². The third-order valence-corrected chi connectivity index (χ3v) is 3.64. The zero-order valence-corrected chi connectivity index (χ0v) is 11.8. The highest BCUT2D eigenvalue weighted by atomic mass is 28.3. The van der Waals surface area contributed by atoms with E-state index < -0.39 is 8.07 Å². The van der Waals surface area contributed by atoms with Crippen molar-refractivity contribution in [3.63, 3.8) is 0 Å². The van der Waals surface area contributed by atoms with Gasteiger partial charge in [0.25, 0.3) is 6.02 Å². The molecule has 0 saturated carbocycles. The molecule has 1 aromatic rings. The molecule has 1 aliphatic heterocycles. The van der Waals surface area contributed by atoms with Gasteiger partial charge in [0.2, 0.25) is 0 Å². The minimum absolute atomic E-state index is 0.736. The first-order valence-corrected chi connectivity index (χ1v) is 9.77. The number of ether oxygens (including phenoxy) is 1. The largest absolute Gasteiger partial charge is 0.463 e. The lowest BCUT2D eigenvalue weighted by atomic mass is 10.3. The van der Waals surface area contributed by atoms with Gasteiger partial charge >= 0.3 is 0 Å². The molecule has 17 heavy (non-hydrogen) atoms. The molecule has 1 aromatic carbocycles. The molecule has 0 N–H and O–H groups in total. The molecule has 2 rings (SSSR count). The van der Waals surface area contributed by atoms with Gasteiger partial charge in [-0.05, 0) is 12.1 Å². The van der Waals surface area contributed by atoms with Crippen molar-refractivity contribution in [1.82, 2.24) is 0 Å². The number of hydrogen-bond donors (Lipinski definition) is 0. The minimum atomic E-state index is -1.15. The maximum Gasteiger partial charge on any atom is 0.291 e. The number of amidine groups is 1. The summed E-state index contributed by atoms with van der Waals surface area (Å²) in [5.41, 5.74) is 1.17. The lowest BCUT2D eigenvalue weighted by Gasteiger charge is -2.18. The van der Waals surface area contributed by atoms with Crippen LogP contribution in [0.2, 0.25) is 19.6 Å². The molecule has 0 bridgehead atoms. The second kappa shape index (κ2) is 4.92. The Bertz CT molecular complexity index is 398. The molecule has 3 nitrogen and oxygen atoms in total. The molecule has 0 unspecified atom stereocenters. The van der Waals surface area contributed by atoms with Crippen molar-refractivity contribution in [2.24, 2.45) is 4.99 Å². The number of hydrogen-bond acceptors (Lipinski definition) is 2. The zero-order chi connectivity index (χ0) is 12.3. The summed E-state index contributed by atoms with van der Waals surface area (Å²) in [5.74, 6) is 0. The van der Waals surface area contributed by atoms with E-state index in [0.29, 0.717) is 0 Å². The average Bonchev–Trinajstić information content (AvgIpc) is 2.75. The topological polar surface area (TPSA) is 24.8 Å². The van der Waals surface area contributed by atoms with Gasteiger partial charge in [0.05, 0.1) is 14.6 Å². The molecule has 0 aliphatic carbocycles. The third-order valence-electron chi connectivity index (χ3n) is 2.53. The number of para-hydroxylation sites is 1. The fourth-order valence-corrected chi connectivity index (χ4v) is 2.29. The Labute approximate surface area is 104 Å². The average molecular weight is 248 g/mol. The van der Waals surface area contributed by atoms with Gasteiger partial charge in [0, 0.05) is 11.9 Å². The molecule has 1 saturated heterocycles. The predicted molar refractivity (Wildman–Crippen MR) is 75.4 cm³/mol. The van der Waals surface area contributed by atoms with Crippen molar-refractivity contribution in [2.45, 2.75) is 19.6 Å². The summed E-state index contributed by atoms with van der Waals surface area (Å²) < 4.78 is 5.61. The highest BCUT2D eigenvalue weighted by Gasteiger charge is 2.22. The van der Waals surface area contributed by atoms with Crippen molar-refractivity contribution in [3.05, 3.63) is 30.3 Å². The van der Waals surface area contributed by atoms with Crippen LogP contribution in [0.15, 0.2) is 35.3 Å². The molecule has 4 heteroatoms. The lowest BCUT2D eigenvalue weighted by Crippen LogP contribution is -2.30. The molecule has 0 radical (unpaired) electrons. The van der Waals surface area contributed by atoms with Crippen LogP contribution in [0.25, 0.3) is 0 Å². The van der Waals surface area contributed by atoms with Crippen LogP contribution in [0.3, 0.4) is 0 Å². The molecule has 92 valence electrons. The Morgan fingerprint density at radius 3 is 2.59 bits per heavy atom. The van der Waals surface area contributed by atoms with Gasteiger partial charge in [-0.1, -0.05) is 37.8 Å². The van der Waals surface area contributed by atoms with Crippen molar-refractivity contribution in [1.29, 1.82) is 0 Å². The summed E-state index contributed by atoms with van der Waals surface area (Å²) in [6, 6.07) is 11.1. The predicted octanol–water partition coefficient (Wildman–Crippen LogP) is 2.76. The van der Waals surface area contributed by atoms with E-state index in [9.17, 15) is 0 Å². The summed E-state index contributed by atoms with van der Waals surface area (Å²) in [6.45, 7) is 8.59. The number of anilines is 1. The Morgan fingerprint density at radius 2 is 1.94 bits per heavy atom. The van der Waals surface area contributed by atoms with Crippen molar-refractivity contribution in [2.75, 3.05) is 24.2 Å². The van der Waals surface area contributed by atoms with Crippen LogP contribution in [-0.4, -0.2) is 33.4 Å². The summed E-state index contributed by atoms with van der Waals surface area (Å²) >= 11 is 0. The Balaban J connectivity index is 2.13. The first-order chi connectivity index (χ1) is 8.06. The summed E-state index contributed by atoms with van der Waals surface area (Å²) in [4.78, 5) is 6.79. The molecular weight excluding hydrogens is 228 g/mol. The van der Waals surface area contributed by atoms with Crippen LogP contribution < -0.4 is 4.90 Å². The monoisotopic (exact) mass is 248 g/mol. The van der Waals surface area contributed by atoms with Crippen molar-refractivity contribution < 1.29 is 4.74 Å². The Hall–Kier alpha value is -1.29.